The van der Waals surface area contributed by atoms with Gasteiger partial charge < -0.3 is 5.32 Å². The van der Waals surface area contributed by atoms with Gasteiger partial charge in [0.1, 0.15) is 17.4 Å². The molecule has 1 N–H and O–H groups in total. The first-order valence-electron chi connectivity index (χ1n) is 7.61. The van der Waals surface area contributed by atoms with Crippen molar-refractivity contribution < 1.29 is 9.18 Å². The van der Waals surface area contributed by atoms with Crippen LogP contribution in [0.5, 0.6) is 0 Å². The molecule has 0 aliphatic rings. The van der Waals surface area contributed by atoms with E-state index in [9.17, 15) is 14.0 Å². The Kier molecular flexibility index (Phi) is 4.76. The van der Waals surface area contributed by atoms with Gasteiger partial charge in [0, 0.05) is 5.69 Å². The third-order valence-electron chi connectivity index (χ3n) is 3.76. The number of hydrogen-bond donors (Lipinski definition) is 1. The summed E-state index contributed by atoms with van der Waals surface area (Å²) < 4.78 is 14.3. The molecule has 2 aromatic carbocycles. The number of carbonyl (C=O) groups excluding carboxylic acids is 1. The lowest BCUT2D eigenvalue weighted by atomic mass is 10.2. The van der Waals surface area contributed by atoms with E-state index >= 15 is 0 Å². The maximum Gasteiger partial charge on any atom is 0.278 e. The molecule has 0 radical (unpaired) electrons. The molecule has 3 rings (SSSR count). The van der Waals surface area contributed by atoms with Crippen LogP contribution in [0, 0.1) is 5.82 Å². The molecule has 1 amide bonds. The van der Waals surface area contributed by atoms with E-state index < -0.39 is 23.3 Å². The summed E-state index contributed by atoms with van der Waals surface area (Å²) in [7, 11) is 0. The normalized spacial score (nSPS) is 12.1. The predicted octanol–water partition coefficient (Wildman–Crippen LogP) is 3.17. The quantitative estimate of drug-likeness (QED) is 0.775. The van der Waals surface area contributed by atoms with E-state index in [-0.39, 0.29) is 5.02 Å². The number of nitrogens with zero attached hydrogens (tertiary/aromatic N) is 3. The average Bonchev–Trinajstić information content (AvgIpc) is 2.61. The Morgan fingerprint density at radius 2 is 2.08 bits per heavy atom. The summed E-state index contributed by atoms with van der Waals surface area (Å²) >= 11 is 5.71. The lowest BCUT2D eigenvalue weighted by Gasteiger charge is -2.16. The van der Waals surface area contributed by atoms with Gasteiger partial charge in [-0.25, -0.2) is 4.39 Å². The highest BCUT2D eigenvalue weighted by atomic mass is 35.5. The van der Waals surface area contributed by atoms with Crippen LogP contribution in [0.15, 0.2) is 47.3 Å². The molecule has 3 aromatic rings. The lowest BCUT2D eigenvalue weighted by Crippen LogP contribution is -2.35. The molecule has 1 atom stereocenters. The second kappa shape index (κ2) is 6.98. The maximum absolute atomic E-state index is 13.2. The zero-order chi connectivity index (χ0) is 18.0. The molecular weight excluding hydrogens is 347 g/mol. The molecule has 6 nitrogen and oxygen atoms in total. The summed E-state index contributed by atoms with van der Waals surface area (Å²) in [6.45, 7) is 1.76. The molecule has 0 unspecified atom stereocenters. The molecule has 0 fully saturated rings. The van der Waals surface area contributed by atoms with Crippen LogP contribution in [0.25, 0.3) is 10.9 Å². The summed E-state index contributed by atoms with van der Waals surface area (Å²) in [6.07, 6.45) is 0.327. The molecule has 0 aliphatic heterocycles. The minimum absolute atomic E-state index is 0.103. The van der Waals surface area contributed by atoms with Gasteiger partial charge in [-0.2, -0.15) is 4.68 Å². The van der Waals surface area contributed by atoms with Crippen molar-refractivity contribution in [1.29, 1.82) is 0 Å². The fourth-order valence-corrected chi connectivity index (χ4v) is 2.66. The van der Waals surface area contributed by atoms with Crippen LogP contribution in [-0.2, 0) is 4.79 Å². The van der Waals surface area contributed by atoms with Gasteiger partial charge >= 0.3 is 0 Å². The van der Waals surface area contributed by atoms with Crippen LogP contribution in [0.1, 0.15) is 19.4 Å². The highest BCUT2D eigenvalue weighted by molar-refractivity contribution is 6.31. The number of hydrogen-bond acceptors (Lipinski definition) is 4. The van der Waals surface area contributed by atoms with Crippen LogP contribution < -0.4 is 10.9 Å². The van der Waals surface area contributed by atoms with Crippen LogP contribution in [0.3, 0.4) is 0 Å². The fraction of sp³-hybridized carbons (Fsp3) is 0.176. The molecule has 0 spiro atoms. The van der Waals surface area contributed by atoms with Crippen molar-refractivity contribution in [3.8, 4) is 0 Å². The van der Waals surface area contributed by atoms with Crippen LogP contribution >= 0.6 is 11.6 Å². The van der Waals surface area contributed by atoms with Gasteiger partial charge in [0.05, 0.1) is 10.4 Å². The molecular formula is C17H14ClFN4O2. The Labute approximate surface area is 147 Å². The van der Waals surface area contributed by atoms with E-state index in [1.165, 1.54) is 12.1 Å². The van der Waals surface area contributed by atoms with Gasteiger partial charge in [0.2, 0.25) is 5.91 Å². The number of carbonyl (C=O) groups is 1. The number of aromatic nitrogens is 3. The molecule has 1 heterocycles. The largest absolute Gasteiger partial charge is 0.324 e. The number of nitrogens with one attached hydrogen (secondary N) is 1. The second-order valence-corrected chi connectivity index (χ2v) is 5.81. The van der Waals surface area contributed by atoms with Crippen molar-refractivity contribution in [1.82, 2.24) is 15.0 Å². The van der Waals surface area contributed by atoms with Crippen LogP contribution in [0.4, 0.5) is 10.1 Å². The zero-order valence-electron chi connectivity index (χ0n) is 13.2. The second-order valence-electron chi connectivity index (χ2n) is 5.40. The molecule has 8 heteroatoms. The van der Waals surface area contributed by atoms with Gasteiger partial charge in [-0.3, -0.25) is 9.59 Å². The topological polar surface area (TPSA) is 76.9 Å². The molecule has 0 saturated heterocycles. The molecule has 0 saturated carbocycles. The van der Waals surface area contributed by atoms with Gasteiger partial charge in [-0.1, -0.05) is 35.9 Å². The number of fused-ring (bicyclic) bond motifs is 1. The Balaban J connectivity index is 1.94. The van der Waals surface area contributed by atoms with Gasteiger partial charge in [0.25, 0.3) is 5.56 Å². The van der Waals surface area contributed by atoms with E-state index in [1.54, 1.807) is 31.2 Å². The highest BCUT2D eigenvalue weighted by Gasteiger charge is 2.22. The van der Waals surface area contributed by atoms with E-state index in [0.717, 1.165) is 10.7 Å². The summed E-state index contributed by atoms with van der Waals surface area (Å²) in [5.74, 6) is -1.04. The monoisotopic (exact) mass is 360 g/mol. The summed E-state index contributed by atoms with van der Waals surface area (Å²) in [5, 5.41) is 10.8. The van der Waals surface area contributed by atoms with E-state index in [1.807, 2.05) is 0 Å². The fourth-order valence-electron chi connectivity index (χ4n) is 2.47. The average molecular weight is 361 g/mol. The Morgan fingerprint density at radius 1 is 1.32 bits per heavy atom. The highest BCUT2D eigenvalue weighted by Crippen LogP contribution is 2.21. The van der Waals surface area contributed by atoms with Crippen LogP contribution in [0.2, 0.25) is 5.02 Å². The third-order valence-corrected chi connectivity index (χ3v) is 4.05. The Bertz CT molecular complexity index is 1010. The molecule has 0 aliphatic carbocycles. The molecule has 1 aromatic heterocycles. The molecule has 128 valence electrons. The summed E-state index contributed by atoms with van der Waals surface area (Å²) in [4.78, 5) is 25.1. The van der Waals surface area contributed by atoms with E-state index in [0.29, 0.717) is 23.0 Å². The lowest BCUT2D eigenvalue weighted by molar-refractivity contribution is -0.119. The molecule has 25 heavy (non-hydrogen) atoms. The van der Waals surface area contributed by atoms with Gasteiger partial charge in [0.15, 0.2) is 0 Å². The molecule has 0 bridgehead atoms. The first-order chi connectivity index (χ1) is 12.0. The minimum Gasteiger partial charge on any atom is -0.324 e. The summed E-state index contributed by atoms with van der Waals surface area (Å²) in [6, 6.07) is 9.77. The maximum atomic E-state index is 13.2. The number of amides is 1. The van der Waals surface area contributed by atoms with Crippen molar-refractivity contribution in [3.63, 3.8) is 0 Å². The smallest absolute Gasteiger partial charge is 0.278 e. The van der Waals surface area contributed by atoms with Crippen molar-refractivity contribution in [2.24, 2.45) is 0 Å². The first-order valence-corrected chi connectivity index (χ1v) is 7.99. The SMILES string of the molecule is CC[C@@H](C(=O)Nc1ccc(F)c(Cl)c1)n1nnc2ccccc2c1=O. The number of anilines is 1. The van der Waals surface area contributed by atoms with Gasteiger partial charge in [-0.15, -0.1) is 5.10 Å². The predicted molar refractivity (Wildman–Crippen MR) is 93.2 cm³/mol. The van der Waals surface area contributed by atoms with Crippen molar-refractivity contribution in [2.45, 2.75) is 19.4 Å². The summed E-state index contributed by atoms with van der Waals surface area (Å²) in [5.41, 5.74) is 0.394. The van der Waals surface area contributed by atoms with E-state index in [2.05, 4.69) is 15.6 Å². The minimum atomic E-state index is -0.853. The van der Waals surface area contributed by atoms with Crippen molar-refractivity contribution in [2.75, 3.05) is 5.32 Å². The van der Waals surface area contributed by atoms with E-state index in [4.69, 9.17) is 11.6 Å². The Morgan fingerprint density at radius 3 is 2.80 bits per heavy atom. The third kappa shape index (κ3) is 3.36. The number of rotatable bonds is 4. The van der Waals surface area contributed by atoms with Crippen LogP contribution in [-0.4, -0.2) is 20.9 Å². The standard InChI is InChI=1S/C17H14ClFN4O2/c1-2-15(16(24)20-10-7-8-13(19)12(18)9-10)23-17(25)11-5-3-4-6-14(11)21-22-23/h3-9,15H,2H2,1H3,(H,20,24)/t15-/m0/s1. The van der Waals surface area contributed by atoms with Crippen molar-refractivity contribution >= 4 is 34.1 Å². The first kappa shape index (κ1) is 17.0. The Hall–Kier alpha value is -2.80. The van der Waals surface area contributed by atoms with Gasteiger partial charge in [-0.05, 0) is 36.8 Å². The zero-order valence-corrected chi connectivity index (χ0v) is 14.0. The number of halogens is 2. The van der Waals surface area contributed by atoms with Crippen molar-refractivity contribution in [3.05, 3.63) is 63.7 Å². The number of benzene rings is 2.